The molecule has 0 saturated carbocycles. The van der Waals surface area contributed by atoms with E-state index in [0.717, 1.165) is 11.1 Å². The topological polar surface area (TPSA) is 26.3 Å². The molecular formula is C16H16O2. The average molecular weight is 240 g/mol. The van der Waals surface area contributed by atoms with Crippen molar-refractivity contribution in [3.8, 4) is 11.1 Å². The lowest BCUT2D eigenvalue weighted by Gasteiger charge is -2.11. The third-order valence-electron chi connectivity index (χ3n) is 2.57. The van der Waals surface area contributed by atoms with E-state index in [0.29, 0.717) is 5.56 Å². The van der Waals surface area contributed by atoms with Crippen molar-refractivity contribution >= 4 is 5.97 Å². The molecular weight excluding hydrogens is 224 g/mol. The van der Waals surface area contributed by atoms with Gasteiger partial charge >= 0.3 is 5.97 Å². The summed E-state index contributed by atoms with van der Waals surface area (Å²) >= 11 is 0. The van der Waals surface area contributed by atoms with Gasteiger partial charge in [0.15, 0.2) is 0 Å². The molecule has 0 amide bonds. The Morgan fingerprint density at radius 2 is 1.56 bits per heavy atom. The van der Waals surface area contributed by atoms with E-state index in [4.69, 9.17) is 4.74 Å². The molecule has 0 aliphatic carbocycles. The monoisotopic (exact) mass is 240 g/mol. The second kappa shape index (κ2) is 5.50. The van der Waals surface area contributed by atoms with Gasteiger partial charge < -0.3 is 4.74 Å². The molecule has 0 spiro atoms. The summed E-state index contributed by atoms with van der Waals surface area (Å²) in [5, 5.41) is 0. The number of hydrogen-bond acceptors (Lipinski definition) is 2. The maximum absolute atomic E-state index is 12.0. The maximum Gasteiger partial charge on any atom is 0.339 e. The van der Waals surface area contributed by atoms with Crippen LogP contribution >= 0.6 is 0 Å². The molecule has 2 rings (SSSR count). The molecule has 0 bridgehead atoms. The van der Waals surface area contributed by atoms with Crippen LogP contribution in [0.1, 0.15) is 24.2 Å². The van der Waals surface area contributed by atoms with E-state index in [1.165, 1.54) is 0 Å². The van der Waals surface area contributed by atoms with Crippen LogP contribution in [0.5, 0.6) is 0 Å². The lowest BCUT2D eigenvalue weighted by atomic mass is 10.00. The lowest BCUT2D eigenvalue weighted by Crippen LogP contribution is -2.12. The van der Waals surface area contributed by atoms with Gasteiger partial charge in [-0.2, -0.15) is 0 Å². The molecule has 0 heterocycles. The zero-order chi connectivity index (χ0) is 13.0. The summed E-state index contributed by atoms with van der Waals surface area (Å²) in [6, 6.07) is 17.4. The second-order valence-corrected chi connectivity index (χ2v) is 4.37. The third-order valence-corrected chi connectivity index (χ3v) is 2.57. The second-order valence-electron chi connectivity index (χ2n) is 4.37. The molecule has 92 valence electrons. The summed E-state index contributed by atoms with van der Waals surface area (Å²) in [6.07, 6.45) is -0.110. The van der Waals surface area contributed by atoms with Crippen molar-refractivity contribution in [3.05, 3.63) is 60.2 Å². The van der Waals surface area contributed by atoms with E-state index >= 15 is 0 Å². The summed E-state index contributed by atoms with van der Waals surface area (Å²) in [5.41, 5.74) is 2.54. The van der Waals surface area contributed by atoms with Gasteiger partial charge in [-0.05, 0) is 31.0 Å². The summed E-state index contributed by atoms with van der Waals surface area (Å²) < 4.78 is 5.26. The largest absolute Gasteiger partial charge is 0.459 e. The van der Waals surface area contributed by atoms with E-state index in [2.05, 4.69) is 0 Å². The normalized spacial score (nSPS) is 10.4. The predicted octanol–water partition coefficient (Wildman–Crippen LogP) is 3.92. The van der Waals surface area contributed by atoms with Crippen LogP contribution in [0.25, 0.3) is 11.1 Å². The minimum Gasteiger partial charge on any atom is -0.459 e. The first kappa shape index (κ1) is 12.4. The third kappa shape index (κ3) is 2.77. The Kier molecular flexibility index (Phi) is 3.78. The number of rotatable bonds is 3. The van der Waals surface area contributed by atoms with Gasteiger partial charge in [-0.3, -0.25) is 0 Å². The van der Waals surface area contributed by atoms with Crippen molar-refractivity contribution in [2.45, 2.75) is 20.0 Å². The van der Waals surface area contributed by atoms with Crippen LogP contribution in [0.2, 0.25) is 0 Å². The Hall–Kier alpha value is -2.09. The Morgan fingerprint density at radius 3 is 2.22 bits per heavy atom. The van der Waals surface area contributed by atoms with E-state index in [-0.39, 0.29) is 12.1 Å². The Bertz CT molecular complexity index is 530. The van der Waals surface area contributed by atoms with Crippen LogP contribution in [-0.2, 0) is 4.74 Å². The maximum atomic E-state index is 12.0. The fourth-order valence-electron chi connectivity index (χ4n) is 1.81. The number of carbonyl (C=O) groups is 1. The minimum absolute atomic E-state index is 0.110. The summed E-state index contributed by atoms with van der Waals surface area (Å²) in [6.45, 7) is 3.70. The highest BCUT2D eigenvalue weighted by Crippen LogP contribution is 2.24. The van der Waals surface area contributed by atoms with E-state index in [1.54, 1.807) is 6.07 Å². The van der Waals surface area contributed by atoms with E-state index in [9.17, 15) is 4.79 Å². The quantitative estimate of drug-likeness (QED) is 0.760. The van der Waals surface area contributed by atoms with Gasteiger partial charge in [0.25, 0.3) is 0 Å². The van der Waals surface area contributed by atoms with E-state index in [1.807, 2.05) is 62.4 Å². The fraction of sp³-hybridized carbons (Fsp3) is 0.188. The van der Waals surface area contributed by atoms with Crippen molar-refractivity contribution < 1.29 is 9.53 Å². The highest BCUT2D eigenvalue weighted by Gasteiger charge is 2.14. The molecule has 2 heteroatoms. The van der Waals surface area contributed by atoms with Crippen LogP contribution in [0.4, 0.5) is 0 Å². The molecule has 0 aliphatic heterocycles. The lowest BCUT2D eigenvalue weighted by molar-refractivity contribution is 0.0379. The molecule has 0 N–H and O–H groups in total. The number of benzene rings is 2. The molecule has 18 heavy (non-hydrogen) atoms. The van der Waals surface area contributed by atoms with Crippen molar-refractivity contribution in [3.63, 3.8) is 0 Å². The van der Waals surface area contributed by atoms with Crippen LogP contribution in [0, 0.1) is 0 Å². The van der Waals surface area contributed by atoms with Crippen molar-refractivity contribution in [2.24, 2.45) is 0 Å². The van der Waals surface area contributed by atoms with Gasteiger partial charge in [0, 0.05) is 0 Å². The molecule has 0 atom stereocenters. The molecule has 0 aliphatic rings. The van der Waals surface area contributed by atoms with E-state index < -0.39 is 0 Å². The molecule has 2 nitrogen and oxygen atoms in total. The highest BCUT2D eigenvalue weighted by molar-refractivity contribution is 5.97. The van der Waals surface area contributed by atoms with Gasteiger partial charge in [0.05, 0.1) is 11.7 Å². The highest BCUT2D eigenvalue weighted by atomic mass is 16.5. The Morgan fingerprint density at radius 1 is 0.944 bits per heavy atom. The molecule has 0 radical (unpaired) electrons. The number of esters is 1. The van der Waals surface area contributed by atoms with Gasteiger partial charge in [0.1, 0.15) is 0 Å². The molecule has 0 aromatic heterocycles. The minimum atomic E-state index is -0.274. The van der Waals surface area contributed by atoms with Crippen LogP contribution < -0.4 is 0 Å². The average Bonchev–Trinajstić information content (AvgIpc) is 2.39. The van der Waals surface area contributed by atoms with Gasteiger partial charge in [0.2, 0.25) is 0 Å². The fourth-order valence-corrected chi connectivity index (χ4v) is 1.81. The summed E-state index contributed by atoms with van der Waals surface area (Å²) in [7, 11) is 0. The zero-order valence-electron chi connectivity index (χ0n) is 10.6. The Labute approximate surface area is 107 Å². The molecule has 0 saturated heterocycles. The predicted molar refractivity (Wildman–Crippen MR) is 72.4 cm³/mol. The smallest absolute Gasteiger partial charge is 0.339 e. The number of carbonyl (C=O) groups excluding carboxylic acids is 1. The Balaban J connectivity index is 2.41. The van der Waals surface area contributed by atoms with Crippen molar-refractivity contribution in [1.82, 2.24) is 0 Å². The standard InChI is InChI=1S/C16H16O2/c1-12(2)18-16(17)15-11-7-6-10-14(15)13-8-4-3-5-9-13/h3-12H,1-2H3. The zero-order valence-corrected chi connectivity index (χ0v) is 10.6. The number of ether oxygens (including phenoxy) is 1. The van der Waals surface area contributed by atoms with Crippen molar-refractivity contribution in [1.29, 1.82) is 0 Å². The molecule has 2 aromatic rings. The first-order chi connectivity index (χ1) is 8.68. The summed E-state index contributed by atoms with van der Waals surface area (Å²) in [4.78, 5) is 12.0. The summed E-state index contributed by atoms with van der Waals surface area (Å²) in [5.74, 6) is -0.274. The first-order valence-electron chi connectivity index (χ1n) is 6.04. The van der Waals surface area contributed by atoms with Crippen LogP contribution in [-0.4, -0.2) is 12.1 Å². The molecule has 0 fully saturated rings. The number of hydrogen-bond donors (Lipinski definition) is 0. The van der Waals surface area contributed by atoms with Crippen molar-refractivity contribution in [2.75, 3.05) is 0 Å². The van der Waals surface area contributed by atoms with Gasteiger partial charge in [-0.25, -0.2) is 4.79 Å². The van der Waals surface area contributed by atoms with Crippen LogP contribution in [0.15, 0.2) is 54.6 Å². The molecule has 0 unspecified atom stereocenters. The van der Waals surface area contributed by atoms with Gasteiger partial charge in [-0.1, -0.05) is 48.5 Å². The van der Waals surface area contributed by atoms with Gasteiger partial charge in [-0.15, -0.1) is 0 Å². The molecule has 2 aromatic carbocycles. The van der Waals surface area contributed by atoms with Crippen LogP contribution in [0.3, 0.4) is 0 Å². The SMILES string of the molecule is CC(C)OC(=O)c1ccccc1-c1ccccc1. The first-order valence-corrected chi connectivity index (χ1v) is 6.04.